The number of carbonyl (C=O) groups excluding carboxylic acids is 1. The summed E-state index contributed by atoms with van der Waals surface area (Å²) in [5.41, 5.74) is 4.69. The number of rotatable bonds is 5. The highest BCUT2D eigenvalue weighted by Gasteiger charge is 2.31. The molecule has 3 aliphatic heterocycles. The van der Waals surface area contributed by atoms with Crippen molar-refractivity contribution in [3.05, 3.63) is 35.6 Å². The van der Waals surface area contributed by atoms with E-state index in [2.05, 4.69) is 29.2 Å². The molecule has 192 valence electrons. The lowest BCUT2D eigenvalue weighted by Gasteiger charge is -2.37. The summed E-state index contributed by atoms with van der Waals surface area (Å²) in [7, 11) is 0. The molecule has 0 saturated carbocycles. The van der Waals surface area contributed by atoms with E-state index in [0.29, 0.717) is 30.8 Å². The fraction of sp³-hybridized carbons (Fsp3) is 0.577. The highest BCUT2D eigenvalue weighted by molar-refractivity contribution is 6.09. The van der Waals surface area contributed by atoms with Gasteiger partial charge in [-0.25, -0.2) is 9.97 Å². The van der Waals surface area contributed by atoms with E-state index in [1.807, 2.05) is 33.1 Å². The van der Waals surface area contributed by atoms with Crippen LogP contribution in [-0.4, -0.2) is 75.3 Å². The zero-order valence-corrected chi connectivity index (χ0v) is 21.5. The van der Waals surface area contributed by atoms with Gasteiger partial charge in [-0.2, -0.15) is 5.10 Å². The highest BCUT2D eigenvalue weighted by Crippen LogP contribution is 2.30. The van der Waals surface area contributed by atoms with Gasteiger partial charge in [0.15, 0.2) is 5.82 Å². The Morgan fingerprint density at radius 3 is 2.72 bits per heavy atom. The van der Waals surface area contributed by atoms with E-state index in [-0.39, 0.29) is 11.9 Å². The maximum absolute atomic E-state index is 12.2. The van der Waals surface area contributed by atoms with Crippen molar-refractivity contribution in [2.24, 2.45) is 0 Å². The number of nitrogens with zero attached hydrogens (tertiary/aromatic N) is 6. The van der Waals surface area contributed by atoms with Crippen LogP contribution in [0.2, 0.25) is 0 Å². The Kier molecular flexibility index (Phi) is 7.04. The molecule has 5 heterocycles. The third kappa shape index (κ3) is 5.00. The number of aryl methyl sites for hydroxylation is 1. The summed E-state index contributed by atoms with van der Waals surface area (Å²) < 4.78 is 7.43. The Hall–Kier alpha value is -3.27. The van der Waals surface area contributed by atoms with Gasteiger partial charge in [0.25, 0.3) is 0 Å². The standard InChI is InChI=1S/C26H36N8O2/c1-17(2)34-15-19(13-29-34)26-28-14-24-23(31-26)5-4-9-33(24)25(27)21-16-32(18(3)35)10-6-22(21)30-20-7-11-36-12-8-20/h13-15,17,20,27,30H,4-12,16H2,1-3H3. The Bertz CT molecular complexity index is 1160. The molecule has 1 fully saturated rings. The molecule has 36 heavy (non-hydrogen) atoms. The first-order chi connectivity index (χ1) is 17.4. The minimum Gasteiger partial charge on any atom is -0.385 e. The van der Waals surface area contributed by atoms with Crippen LogP contribution >= 0.6 is 0 Å². The van der Waals surface area contributed by atoms with Crippen LogP contribution in [0.1, 0.15) is 58.2 Å². The summed E-state index contributed by atoms with van der Waals surface area (Å²) in [5, 5.41) is 17.4. The van der Waals surface area contributed by atoms with Crippen molar-refractivity contribution in [3.8, 4) is 11.4 Å². The first kappa shape index (κ1) is 24.4. The summed E-state index contributed by atoms with van der Waals surface area (Å²) in [6.45, 7) is 9.14. The van der Waals surface area contributed by atoms with Crippen molar-refractivity contribution in [1.29, 1.82) is 5.41 Å². The van der Waals surface area contributed by atoms with Crippen molar-refractivity contribution >= 4 is 17.4 Å². The van der Waals surface area contributed by atoms with Crippen molar-refractivity contribution in [3.63, 3.8) is 0 Å². The van der Waals surface area contributed by atoms with Gasteiger partial charge in [0, 0.05) is 69.2 Å². The van der Waals surface area contributed by atoms with E-state index in [0.717, 1.165) is 80.1 Å². The number of hydrogen-bond acceptors (Lipinski definition) is 7. The first-order valence-corrected chi connectivity index (χ1v) is 13.0. The van der Waals surface area contributed by atoms with E-state index in [9.17, 15) is 10.2 Å². The predicted octanol–water partition coefficient (Wildman–Crippen LogP) is 2.93. The van der Waals surface area contributed by atoms with Gasteiger partial charge >= 0.3 is 0 Å². The average molecular weight is 493 g/mol. The minimum absolute atomic E-state index is 0.0411. The van der Waals surface area contributed by atoms with Crippen molar-refractivity contribution in [1.82, 2.24) is 30.0 Å². The number of anilines is 1. The highest BCUT2D eigenvalue weighted by atomic mass is 16.5. The SMILES string of the molecule is CC(=O)N1CCC(NC2CCOCC2)=C(C(=N)N2CCCc3nc(-c4cnn(C(C)C)c4)ncc32)C1. The van der Waals surface area contributed by atoms with Gasteiger partial charge in [0.05, 0.1) is 35.9 Å². The molecule has 1 saturated heterocycles. The zero-order chi connectivity index (χ0) is 25.2. The molecule has 10 heteroatoms. The molecule has 0 bridgehead atoms. The number of amides is 1. The number of carbonyl (C=O) groups is 1. The molecular formula is C26H36N8O2. The maximum Gasteiger partial charge on any atom is 0.219 e. The van der Waals surface area contributed by atoms with Crippen LogP contribution in [0.3, 0.4) is 0 Å². The quantitative estimate of drug-likeness (QED) is 0.487. The molecule has 0 aromatic carbocycles. The Balaban J connectivity index is 1.43. The number of amidine groups is 1. The Labute approximate surface area is 212 Å². The molecule has 1 amide bonds. The summed E-state index contributed by atoms with van der Waals surface area (Å²) in [6, 6.07) is 0.612. The van der Waals surface area contributed by atoms with Crippen molar-refractivity contribution in [2.45, 2.75) is 65.0 Å². The lowest BCUT2D eigenvalue weighted by atomic mass is 9.99. The van der Waals surface area contributed by atoms with Crippen molar-refractivity contribution in [2.75, 3.05) is 37.7 Å². The lowest BCUT2D eigenvalue weighted by molar-refractivity contribution is -0.128. The van der Waals surface area contributed by atoms with Gasteiger partial charge in [-0.3, -0.25) is 14.9 Å². The monoisotopic (exact) mass is 492 g/mol. The van der Waals surface area contributed by atoms with E-state index < -0.39 is 0 Å². The molecule has 5 rings (SSSR count). The third-order valence-electron chi connectivity index (χ3n) is 7.27. The van der Waals surface area contributed by atoms with E-state index in [1.54, 1.807) is 6.92 Å². The Morgan fingerprint density at radius 2 is 2.00 bits per heavy atom. The molecule has 0 atom stereocenters. The molecule has 2 aromatic rings. The van der Waals surface area contributed by atoms with Crippen LogP contribution in [-0.2, 0) is 16.0 Å². The zero-order valence-electron chi connectivity index (χ0n) is 21.5. The molecule has 3 aliphatic rings. The van der Waals surface area contributed by atoms with Crippen LogP contribution in [0.4, 0.5) is 5.69 Å². The summed E-state index contributed by atoms with van der Waals surface area (Å²) >= 11 is 0. The number of nitrogens with one attached hydrogen (secondary N) is 2. The second-order valence-electron chi connectivity index (χ2n) is 10.1. The maximum atomic E-state index is 12.2. The van der Waals surface area contributed by atoms with Crippen LogP contribution < -0.4 is 10.2 Å². The number of hydrogen-bond donors (Lipinski definition) is 2. The van der Waals surface area contributed by atoms with E-state index >= 15 is 0 Å². The first-order valence-electron chi connectivity index (χ1n) is 13.0. The van der Waals surface area contributed by atoms with Gasteiger partial charge in [-0.05, 0) is 39.5 Å². The van der Waals surface area contributed by atoms with E-state index in [4.69, 9.17) is 9.72 Å². The second-order valence-corrected chi connectivity index (χ2v) is 10.1. The van der Waals surface area contributed by atoms with Crippen LogP contribution in [0.15, 0.2) is 29.9 Å². The normalized spacial score (nSPS) is 19.0. The summed E-state index contributed by atoms with van der Waals surface area (Å²) in [5.74, 6) is 1.13. The molecule has 0 spiro atoms. The van der Waals surface area contributed by atoms with Gasteiger partial charge in [0.2, 0.25) is 5.91 Å². The molecule has 0 aliphatic carbocycles. The van der Waals surface area contributed by atoms with E-state index in [1.165, 1.54) is 0 Å². The summed E-state index contributed by atoms with van der Waals surface area (Å²) in [6.07, 6.45) is 10.0. The fourth-order valence-corrected chi connectivity index (χ4v) is 5.11. The topological polar surface area (TPSA) is 112 Å². The van der Waals surface area contributed by atoms with Gasteiger partial charge in [-0.1, -0.05) is 0 Å². The molecule has 2 N–H and O–H groups in total. The van der Waals surface area contributed by atoms with Crippen LogP contribution in [0.5, 0.6) is 0 Å². The molecular weight excluding hydrogens is 456 g/mol. The van der Waals surface area contributed by atoms with Crippen molar-refractivity contribution < 1.29 is 9.53 Å². The molecule has 0 unspecified atom stereocenters. The minimum atomic E-state index is 0.0411. The predicted molar refractivity (Wildman–Crippen MR) is 138 cm³/mol. The molecule has 10 nitrogen and oxygen atoms in total. The summed E-state index contributed by atoms with van der Waals surface area (Å²) in [4.78, 5) is 25.6. The third-order valence-corrected chi connectivity index (χ3v) is 7.27. The fourth-order valence-electron chi connectivity index (χ4n) is 5.11. The Morgan fingerprint density at radius 1 is 1.19 bits per heavy atom. The van der Waals surface area contributed by atoms with Gasteiger partial charge < -0.3 is 19.9 Å². The average Bonchev–Trinajstić information content (AvgIpc) is 3.39. The number of ether oxygens (including phenoxy) is 1. The largest absolute Gasteiger partial charge is 0.385 e. The smallest absolute Gasteiger partial charge is 0.219 e. The number of aromatic nitrogens is 4. The van der Waals surface area contributed by atoms with Gasteiger partial charge in [0.1, 0.15) is 5.84 Å². The van der Waals surface area contributed by atoms with Crippen LogP contribution in [0, 0.1) is 5.41 Å². The van der Waals surface area contributed by atoms with Crippen LogP contribution in [0.25, 0.3) is 11.4 Å². The van der Waals surface area contributed by atoms with Gasteiger partial charge in [-0.15, -0.1) is 0 Å². The second kappa shape index (κ2) is 10.4. The number of fused-ring (bicyclic) bond motifs is 1. The molecule has 0 radical (unpaired) electrons. The lowest BCUT2D eigenvalue weighted by Crippen LogP contribution is -2.46. The molecule has 2 aromatic heterocycles.